The summed E-state index contributed by atoms with van der Waals surface area (Å²) in [6.07, 6.45) is 0.762. The molecule has 0 saturated carbocycles. The average molecular weight is 381 g/mol. The van der Waals surface area contributed by atoms with Crippen molar-refractivity contribution in [2.24, 2.45) is 0 Å². The smallest absolute Gasteiger partial charge is 0.321 e. The molecule has 7 nitrogen and oxygen atoms in total. The van der Waals surface area contributed by atoms with Gasteiger partial charge in [-0.1, -0.05) is 17.7 Å². The van der Waals surface area contributed by atoms with Crippen molar-refractivity contribution in [2.75, 3.05) is 32.7 Å². The number of urea groups is 1. The highest BCUT2D eigenvalue weighted by atomic mass is 35.5. The lowest BCUT2D eigenvalue weighted by molar-refractivity contribution is -0.121. The number of hydrogen-bond acceptors (Lipinski definition) is 4. The first-order valence-electron chi connectivity index (χ1n) is 8.72. The highest BCUT2D eigenvalue weighted by molar-refractivity contribution is 6.30. The molecule has 1 heterocycles. The van der Waals surface area contributed by atoms with Crippen molar-refractivity contribution in [3.05, 3.63) is 34.9 Å². The van der Waals surface area contributed by atoms with E-state index in [0.29, 0.717) is 36.8 Å². The van der Waals surface area contributed by atoms with Gasteiger partial charge in [-0.15, -0.1) is 0 Å². The van der Waals surface area contributed by atoms with Crippen molar-refractivity contribution in [1.29, 1.82) is 0 Å². The van der Waals surface area contributed by atoms with Gasteiger partial charge < -0.3 is 10.2 Å². The van der Waals surface area contributed by atoms with Crippen molar-refractivity contribution in [3.63, 3.8) is 0 Å². The van der Waals surface area contributed by atoms with E-state index in [1.165, 1.54) is 0 Å². The summed E-state index contributed by atoms with van der Waals surface area (Å²) < 4.78 is 0. The van der Waals surface area contributed by atoms with E-state index in [1.807, 2.05) is 18.7 Å². The molecule has 0 spiro atoms. The van der Waals surface area contributed by atoms with Crippen LogP contribution in [0.25, 0.3) is 0 Å². The van der Waals surface area contributed by atoms with Crippen LogP contribution in [0.2, 0.25) is 5.02 Å². The molecule has 4 amide bonds. The summed E-state index contributed by atoms with van der Waals surface area (Å²) in [5.41, 5.74) is 0.564. The third-order valence-corrected chi connectivity index (χ3v) is 4.22. The van der Waals surface area contributed by atoms with Crippen LogP contribution >= 0.6 is 11.6 Å². The van der Waals surface area contributed by atoms with E-state index in [-0.39, 0.29) is 24.4 Å². The minimum Gasteiger partial charge on any atom is -0.337 e. The van der Waals surface area contributed by atoms with Crippen LogP contribution in [0.1, 0.15) is 30.6 Å². The van der Waals surface area contributed by atoms with Crippen LogP contribution in [0.5, 0.6) is 0 Å². The molecule has 8 heteroatoms. The van der Waals surface area contributed by atoms with E-state index in [1.54, 1.807) is 29.2 Å². The van der Waals surface area contributed by atoms with Gasteiger partial charge in [0.1, 0.15) is 0 Å². The number of nitrogens with zero attached hydrogens (tertiary/aromatic N) is 2. The molecule has 0 radical (unpaired) electrons. The summed E-state index contributed by atoms with van der Waals surface area (Å²) in [5.74, 6) is -0.409. The quantitative estimate of drug-likeness (QED) is 0.833. The Morgan fingerprint density at radius 1 is 1.15 bits per heavy atom. The first kappa shape index (κ1) is 20.2. The van der Waals surface area contributed by atoms with Gasteiger partial charge in [0.25, 0.3) is 5.91 Å². The fourth-order valence-electron chi connectivity index (χ4n) is 2.80. The molecule has 142 valence electrons. The Balaban J connectivity index is 1.85. The minimum absolute atomic E-state index is 0.0351. The zero-order valence-electron chi connectivity index (χ0n) is 15.1. The van der Waals surface area contributed by atoms with E-state index in [9.17, 15) is 14.4 Å². The Hall–Kier alpha value is -2.12. The standard InChI is InChI=1S/C18H25ClN4O3/c1-13(2)20-18(26)21-16(24)12-22-7-4-8-23(10-9-22)17(25)14-5-3-6-15(19)11-14/h3,5-6,11,13H,4,7-10,12H2,1-2H3,(H2,20,21,24,26). The zero-order valence-corrected chi connectivity index (χ0v) is 15.9. The second kappa shape index (κ2) is 9.54. The Kier molecular flexibility index (Phi) is 7.41. The van der Waals surface area contributed by atoms with Crippen LogP contribution in [0, 0.1) is 0 Å². The molecule has 1 aliphatic heterocycles. The highest BCUT2D eigenvalue weighted by Gasteiger charge is 2.22. The third-order valence-electron chi connectivity index (χ3n) is 3.99. The second-order valence-corrected chi connectivity index (χ2v) is 7.05. The fraction of sp³-hybridized carbons (Fsp3) is 0.500. The van der Waals surface area contributed by atoms with E-state index >= 15 is 0 Å². The molecule has 2 rings (SSSR count). The van der Waals surface area contributed by atoms with Crippen LogP contribution < -0.4 is 10.6 Å². The molecule has 0 aliphatic carbocycles. The van der Waals surface area contributed by atoms with Gasteiger partial charge in [0.05, 0.1) is 6.54 Å². The molecule has 0 unspecified atom stereocenters. The second-order valence-electron chi connectivity index (χ2n) is 6.61. The Bertz CT molecular complexity index is 666. The summed E-state index contributed by atoms with van der Waals surface area (Å²) in [7, 11) is 0. The number of hydrogen-bond donors (Lipinski definition) is 2. The molecule has 2 N–H and O–H groups in total. The number of benzene rings is 1. The summed E-state index contributed by atoms with van der Waals surface area (Å²) in [6, 6.07) is 6.37. The van der Waals surface area contributed by atoms with Gasteiger partial charge in [-0.3, -0.25) is 19.8 Å². The maximum absolute atomic E-state index is 12.6. The molecule has 0 atom stereocenters. The molecule has 0 bridgehead atoms. The van der Waals surface area contributed by atoms with Crippen LogP contribution in [0.3, 0.4) is 0 Å². The van der Waals surface area contributed by atoms with Crippen LogP contribution in [-0.4, -0.2) is 66.4 Å². The maximum Gasteiger partial charge on any atom is 0.321 e. The van der Waals surface area contributed by atoms with E-state index in [2.05, 4.69) is 10.6 Å². The van der Waals surface area contributed by atoms with Gasteiger partial charge in [-0.2, -0.15) is 0 Å². The molecule has 0 aromatic heterocycles. The summed E-state index contributed by atoms with van der Waals surface area (Å²) in [4.78, 5) is 39.9. The topological polar surface area (TPSA) is 81.8 Å². The normalized spacial score (nSPS) is 15.5. The SMILES string of the molecule is CC(C)NC(=O)NC(=O)CN1CCCN(C(=O)c2cccc(Cl)c2)CC1. The monoisotopic (exact) mass is 380 g/mol. The third kappa shape index (κ3) is 6.31. The molecule has 1 aliphatic rings. The van der Waals surface area contributed by atoms with Gasteiger partial charge in [0, 0.05) is 42.8 Å². The van der Waals surface area contributed by atoms with Crippen LogP contribution in [0.15, 0.2) is 24.3 Å². The van der Waals surface area contributed by atoms with Gasteiger partial charge in [0.2, 0.25) is 5.91 Å². The predicted octanol–water partition coefficient (Wildman–Crippen LogP) is 1.72. The van der Waals surface area contributed by atoms with Gasteiger partial charge in [-0.25, -0.2) is 4.79 Å². The molecule has 1 fully saturated rings. The molecular weight excluding hydrogens is 356 g/mol. The number of carbonyl (C=O) groups is 3. The maximum atomic E-state index is 12.6. The Morgan fingerprint density at radius 3 is 2.62 bits per heavy atom. The Morgan fingerprint density at radius 2 is 1.92 bits per heavy atom. The number of halogens is 1. The van der Waals surface area contributed by atoms with Crippen molar-refractivity contribution < 1.29 is 14.4 Å². The number of imide groups is 1. The van der Waals surface area contributed by atoms with Gasteiger partial charge in [0.15, 0.2) is 0 Å². The average Bonchev–Trinajstić information content (AvgIpc) is 2.78. The molecular formula is C18H25ClN4O3. The van der Waals surface area contributed by atoms with Crippen molar-refractivity contribution in [3.8, 4) is 0 Å². The summed E-state index contributed by atoms with van der Waals surface area (Å²) >= 11 is 5.96. The summed E-state index contributed by atoms with van der Waals surface area (Å²) in [5, 5.41) is 5.47. The van der Waals surface area contributed by atoms with Crippen molar-refractivity contribution >= 4 is 29.4 Å². The lowest BCUT2D eigenvalue weighted by atomic mass is 10.2. The largest absolute Gasteiger partial charge is 0.337 e. The van der Waals surface area contributed by atoms with Gasteiger partial charge >= 0.3 is 6.03 Å². The molecule has 1 aromatic rings. The van der Waals surface area contributed by atoms with Crippen molar-refractivity contribution in [2.45, 2.75) is 26.3 Å². The number of rotatable bonds is 4. The summed E-state index contributed by atoms with van der Waals surface area (Å²) in [6.45, 7) is 6.19. The molecule has 1 saturated heterocycles. The van der Waals surface area contributed by atoms with Crippen LogP contribution in [0.4, 0.5) is 4.79 Å². The van der Waals surface area contributed by atoms with E-state index in [4.69, 9.17) is 11.6 Å². The first-order valence-corrected chi connectivity index (χ1v) is 9.10. The Labute approximate surface area is 158 Å². The first-order chi connectivity index (χ1) is 12.3. The minimum atomic E-state index is -0.488. The van der Waals surface area contributed by atoms with Gasteiger partial charge in [-0.05, 0) is 38.5 Å². The van der Waals surface area contributed by atoms with E-state index < -0.39 is 6.03 Å². The lowest BCUT2D eigenvalue weighted by Crippen LogP contribution is -2.47. The fourth-order valence-corrected chi connectivity index (χ4v) is 2.99. The van der Waals surface area contributed by atoms with Crippen LogP contribution in [-0.2, 0) is 4.79 Å². The van der Waals surface area contributed by atoms with Crippen molar-refractivity contribution in [1.82, 2.24) is 20.4 Å². The number of nitrogens with one attached hydrogen (secondary N) is 2. The van der Waals surface area contributed by atoms with E-state index in [0.717, 1.165) is 6.42 Å². The zero-order chi connectivity index (χ0) is 19.1. The highest BCUT2D eigenvalue weighted by Crippen LogP contribution is 2.14. The lowest BCUT2D eigenvalue weighted by Gasteiger charge is -2.22. The molecule has 1 aromatic carbocycles. The number of amides is 4. The predicted molar refractivity (Wildman–Crippen MR) is 100 cm³/mol. The molecule has 26 heavy (non-hydrogen) atoms. The number of carbonyl (C=O) groups excluding carboxylic acids is 3.